The molecule has 1 aliphatic rings. The Labute approximate surface area is 93.1 Å². The van der Waals surface area contributed by atoms with Crippen LogP contribution in [0.2, 0.25) is 0 Å². The molecule has 1 aromatic rings. The fraction of sp³-hybridized carbons (Fsp3) is 0.417. The van der Waals surface area contributed by atoms with E-state index in [0.717, 1.165) is 18.6 Å². The molecule has 1 aromatic carbocycles. The van der Waals surface area contributed by atoms with Gasteiger partial charge < -0.3 is 4.90 Å². The Morgan fingerprint density at radius 2 is 2.00 bits per heavy atom. The van der Waals surface area contributed by atoms with Crippen molar-refractivity contribution in [2.45, 2.75) is 13.3 Å². The van der Waals surface area contributed by atoms with E-state index in [0.29, 0.717) is 19.0 Å². The summed E-state index contributed by atoms with van der Waals surface area (Å²) in [4.78, 5) is 1.70. The third kappa shape index (κ3) is 1.85. The predicted octanol–water partition coefficient (Wildman–Crippen LogP) is 2.68. The van der Waals surface area contributed by atoms with Gasteiger partial charge in [0.1, 0.15) is 5.69 Å². The molecule has 1 unspecified atom stereocenters. The second-order valence-electron chi connectivity index (χ2n) is 4.24. The van der Waals surface area contributed by atoms with E-state index in [1.54, 1.807) is 11.0 Å². The maximum absolute atomic E-state index is 13.6. The zero-order valence-electron chi connectivity index (χ0n) is 9.00. The van der Waals surface area contributed by atoms with Gasteiger partial charge in [-0.15, -0.1) is 0 Å². The molecule has 1 aliphatic heterocycles. The highest BCUT2D eigenvalue weighted by molar-refractivity contribution is 5.53. The van der Waals surface area contributed by atoms with Crippen LogP contribution in [0.4, 0.5) is 14.5 Å². The lowest BCUT2D eigenvalue weighted by Crippen LogP contribution is -2.21. The summed E-state index contributed by atoms with van der Waals surface area (Å²) in [5, 5.41) is 8.59. The molecule has 0 aliphatic carbocycles. The second kappa shape index (κ2) is 4.09. The summed E-state index contributed by atoms with van der Waals surface area (Å²) in [6.45, 7) is 3.39. The van der Waals surface area contributed by atoms with Gasteiger partial charge in [0, 0.05) is 13.1 Å². The van der Waals surface area contributed by atoms with E-state index in [2.05, 4.69) is 6.92 Å². The van der Waals surface area contributed by atoms with E-state index in [4.69, 9.17) is 5.26 Å². The van der Waals surface area contributed by atoms with Gasteiger partial charge in [0.15, 0.2) is 11.6 Å². The second-order valence-corrected chi connectivity index (χ2v) is 4.24. The molecule has 0 aromatic heterocycles. The maximum Gasteiger partial charge on any atom is 0.150 e. The molecule has 4 heteroatoms. The minimum atomic E-state index is -0.648. The van der Waals surface area contributed by atoms with Crippen molar-refractivity contribution in [2.75, 3.05) is 18.0 Å². The van der Waals surface area contributed by atoms with Crippen LogP contribution >= 0.6 is 0 Å². The highest BCUT2D eigenvalue weighted by Gasteiger charge is 2.24. The molecule has 0 bridgehead atoms. The number of nitrogens with zero attached hydrogens (tertiary/aromatic N) is 2. The Hall–Kier alpha value is -1.63. The van der Waals surface area contributed by atoms with Crippen molar-refractivity contribution in [3.05, 3.63) is 29.3 Å². The molecule has 16 heavy (non-hydrogen) atoms. The van der Waals surface area contributed by atoms with Crippen LogP contribution in [-0.2, 0) is 0 Å². The van der Waals surface area contributed by atoms with E-state index < -0.39 is 11.6 Å². The van der Waals surface area contributed by atoms with Crippen molar-refractivity contribution in [2.24, 2.45) is 5.92 Å². The fourth-order valence-corrected chi connectivity index (χ4v) is 2.07. The van der Waals surface area contributed by atoms with Crippen LogP contribution < -0.4 is 4.90 Å². The van der Waals surface area contributed by atoms with E-state index in [-0.39, 0.29) is 11.3 Å². The summed E-state index contributed by atoms with van der Waals surface area (Å²) in [7, 11) is 0. The first kappa shape index (κ1) is 10.9. The molecule has 2 rings (SSSR count). The summed E-state index contributed by atoms with van der Waals surface area (Å²) in [5.41, 5.74) is 0.0225. The molecule has 1 atom stereocenters. The lowest BCUT2D eigenvalue weighted by molar-refractivity contribution is 0.574. The Balaban J connectivity index is 2.38. The summed E-state index contributed by atoms with van der Waals surface area (Å²) in [6, 6.07) is 3.91. The number of nitriles is 1. The van der Waals surface area contributed by atoms with E-state index in [9.17, 15) is 8.78 Å². The quantitative estimate of drug-likeness (QED) is 0.730. The lowest BCUT2D eigenvalue weighted by atomic mass is 10.1. The molecule has 0 spiro atoms. The Morgan fingerprint density at radius 1 is 1.38 bits per heavy atom. The summed E-state index contributed by atoms with van der Waals surface area (Å²) < 4.78 is 27.3. The van der Waals surface area contributed by atoms with Crippen LogP contribution in [0.5, 0.6) is 0 Å². The van der Waals surface area contributed by atoms with Crippen molar-refractivity contribution in [3.8, 4) is 6.07 Å². The standard InChI is InChI=1S/C12H12F2N2/c1-8-2-3-16(7-8)12-10(13)4-9(6-15)5-11(12)14/h4-5,8H,2-3,7H2,1H3. The SMILES string of the molecule is CC1CCN(c2c(F)cc(C#N)cc2F)C1. The Kier molecular flexibility index (Phi) is 2.78. The molecule has 0 amide bonds. The van der Waals surface area contributed by atoms with Crippen LogP contribution in [0, 0.1) is 28.9 Å². The average Bonchev–Trinajstić information content (AvgIpc) is 2.63. The Bertz CT molecular complexity index is 428. The molecule has 0 saturated carbocycles. The summed E-state index contributed by atoms with van der Waals surface area (Å²) in [6.07, 6.45) is 0.943. The molecule has 1 fully saturated rings. The van der Waals surface area contributed by atoms with Gasteiger partial charge in [-0.1, -0.05) is 6.92 Å². The van der Waals surface area contributed by atoms with Gasteiger partial charge in [-0.05, 0) is 24.5 Å². The fourth-order valence-electron chi connectivity index (χ4n) is 2.07. The first-order chi connectivity index (χ1) is 7.61. The van der Waals surface area contributed by atoms with Gasteiger partial charge >= 0.3 is 0 Å². The van der Waals surface area contributed by atoms with Gasteiger partial charge in [0.05, 0.1) is 11.6 Å². The molecular weight excluding hydrogens is 210 g/mol. The molecule has 2 nitrogen and oxygen atoms in total. The van der Waals surface area contributed by atoms with Crippen molar-refractivity contribution in [1.82, 2.24) is 0 Å². The van der Waals surface area contributed by atoms with E-state index in [1.807, 2.05) is 0 Å². The third-order valence-corrected chi connectivity index (χ3v) is 2.89. The van der Waals surface area contributed by atoms with Crippen LogP contribution in [0.1, 0.15) is 18.9 Å². The van der Waals surface area contributed by atoms with Crippen LogP contribution in [0.3, 0.4) is 0 Å². The molecule has 1 saturated heterocycles. The number of benzene rings is 1. The monoisotopic (exact) mass is 222 g/mol. The smallest absolute Gasteiger partial charge is 0.150 e. The number of hydrogen-bond acceptors (Lipinski definition) is 2. The minimum absolute atomic E-state index is 0.00310. The minimum Gasteiger partial charge on any atom is -0.367 e. The van der Waals surface area contributed by atoms with Crippen molar-refractivity contribution in [3.63, 3.8) is 0 Å². The third-order valence-electron chi connectivity index (χ3n) is 2.89. The van der Waals surface area contributed by atoms with Crippen LogP contribution in [-0.4, -0.2) is 13.1 Å². The van der Waals surface area contributed by atoms with Crippen LogP contribution in [0.25, 0.3) is 0 Å². The topological polar surface area (TPSA) is 27.0 Å². The van der Waals surface area contributed by atoms with E-state index in [1.165, 1.54) is 0 Å². The summed E-state index contributed by atoms with van der Waals surface area (Å²) >= 11 is 0. The number of rotatable bonds is 1. The molecular formula is C12H12F2N2. The maximum atomic E-state index is 13.6. The first-order valence-corrected chi connectivity index (χ1v) is 5.26. The molecule has 0 radical (unpaired) electrons. The molecule has 0 N–H and O–H groups in total. The molecule has 84 valence electrons. The zero-order valence-corrected chi connectivity index (χ0v) is 9.00. The largest absolute Gasteiger partial charge is 0.367 e. The predicted molar refractivity (Wildman–Crippen MR) is 57.1 cm³/mol. The molecule has 1 heterocycles. The highest BCUT2D eigenvalue weighted by Crippen LogP contribution is 2.29. The van der Waals surface area contributed by atoms with Gasteiger partial charge in [-0.25, -0.2) is 8.78 Å². The number of hydrogen-bond donors (Lipinski definition) is 0. The zero-order chi connectivity index (χ0) is 11.7. The summed E-state index contributed by atoms with van der Waals surface area (Å²) in [5.74, 6) is -0.842. The lowest BCUT2D eigenvalue weighted by Gasteiger charge is -2.19. The van der Waals surface area contributed by atoms with Gasteiger partial charge in [-0.2, -0.15) is 5.26 Å². The van der Waals surface area contributed by atoms with Gasteiger partial charge in [0.25, 0.3) is 0 Å². The number of anilines is 1. The van der Waals surface area contributed by atoms with Crippen LogP contribution in [0.15, 0.2) is 12.1 Å². The normalized spacial score (nSPS) is 19.9. The Morgan fingerprint density at radius 3 is 2.44 bits per heavy atom. The van der Waals surface area contributed by atoms with Crippen molar-refractivity contribution < 1.29 is 8.78 Å². The first-order valence-electron chi connectivity index (χ1n) is 5.26. The van der Waals surface area contributed by atoms with Gasteiger partial charge in [0.2, 0.25) is 0 Å². The number of halogens is 2. The van der Waals surface area contributed by atoms with Crippen molar-refractivity contribution in [1.29, 1.82) is 5.26 Å². The highest BCUT2D eigenvalue weighted by atomic mass is 19.1. The average molecular weight is 222 g/mol. The van der Waals surface area contributed by atoms with Gasteiger partial charge in [-0.3, -0.25) is 0 Å². The van der Waals surface area contributed by atoms with Crippen molar-refractivity contribution >= 4 is 5.69 Å². The van der Waals surface area contributed by atoms with E-state index >= 15 is 0 Å².